The number of aryl methyl sites for hydroxylation is 1. The third-order valence-electron chi connectivity index (χ3n) is 4.24. The smallest absolute Gasteiger partial charge is 0.346 e. The number of hydrogen-bond donors (Lipinski definition) is 0. The summed E-state index contributed by atoms with van der Waals surface area (Å²) in [6.07, 6.45) is 1.45. The Morgan fingerprint density at radius 3 is 2.66 bits per heavy atom. The second-order valence-corrected chi connectivity index (χ2v) is 7.17. The highest BCUT2D eigenvalue weighted by atomic mass is 79.9. The highest BCUT2D eigenvalue weighted by Crippen LogP contribution is 2.17. The van der Waals surface area contributed by atoms with Crippen LogP contribution in [0.25, 0.3) is 10.9 Å². The summed E-state index contributed by atoms with van der Waals surface area (Å²) in [6, 6.07) is 12.4. The van der Waals surface area contributed by atoms with Crippen LogP contribution >= 0.6 is 15.9 Å². The van der Waals surface area contributed by atoms with Crippen LogP contribution in [0.3, 0.4) is 0 Å². The Kier molecular flexibility index (Phi) is 6.43. The minimum absolute atomic E-state index is 0.226. The summed E-state index contributed by atoms with van der Waals surface area (Å²) in [7, 11) is 1.31. The molecule has 0 saturated carbocycles. The highest BCUT2D eigenvalue weighted by molar-refractivity contribution is 9.10. The van der Waals surface area contributed by atoms with Crippen molar-refractivity contribution in [3.63, 3.8) is 0 Å². The van der Waals surface area contributed by atoms with E-state index in [9.17, 15) is 9.59 Å². The molecule has 29 heavy (non-hydrogen) atoms. The minimum Gasteiger partial charge on any atom is -0.479 e. The predicted octanol–water partition coefficient (Wildman–Crippen LogP) is 3.54. The van der Waals surface area contributed by atoms with Gasteiger partial charge < -0.3 is 9.47 Å². The van der Waals surface area contributed by atoms with Gasteiger partial charge in [-0.3, -0.25) is 4.79 Å². The Hall–Kier alpha value is -3.00. The van der Waals surface area contributed by atoms with Crippen LogP contribution in [0.5, 0.6) is 5.75 Å². The first kappa shape index (κ1) is 20.7. The van der Waals surface area contributed by atoms with Gasteiger partial charge in [-0.15, -0.1) is 0 Å². The van der Waals surface area contributed by atoms with Crippen molar-refractivity contribution < 1.29 is 14.3 Å². The highest BCUT2D eigenvalue weighted by Gasteiger charge is 2.14. The largest absolute Gasteiger partial charge is 0.479 e. The van der Waals surface area contributed by atoms with E-state index in [-0.39, 0.29) is 5.56 Å². The van der Waals surface area contributed by atoms with Crippen LogP contribution < -0.4 is 10.3 Å². The molecule has 0 saturated heterocycles. The summed E-state index contributed by atoms with van der Waals surface area (Å²) in [5.41, 5.74) is 1.19. The monoisotopic (exact) mass is 457 g/mol. The van der Waals surface area contributed by atoms with Crippen molar-refractivity contribution in [2.24, 2.45) is 5.10 Å². The molecule has 0 aliphatic rings. The zero-order valence-corrected chi connectivity index (χ0v) is 17.8. The topological polar surface area (TPSA) is 82.8 Å². The van der Waals surface area contributed by atoms with Crippen molar-refractivity contribution >= 4 is 39.0 Å². The molecule has 3 rings (SSSR count). The van der Waals surface area contributed by atoms with Crippen LogP contribution in [0.2, 0.25) is 0 Å². The van der Waals surface area contributed by atoms with Gasteiger partial charge in [-0.05, 0) is 55.0 Å². The van der Waals surface area contributed by atoms with Crippen molar-refractivity contribution in [2.75, 3.05) is 7.11 Å². The number of fused-ring (bicyclic) bond motifs is 1. The van der Waals surface area contributed by atoms with Gasteiger partial charge in [0.15, 0.2) is 6.10 Å². The number of carbonyl (C=O) groups excluding carboxylic acids is 1. The Morgan fingerprint density at radius 1 is 1.28 bits per heavy atom. The quantitative estimate of drug-likeness (QED) is 0.417. The molecular formula is C21H20BrN3O4. The lowest BCUT2D eigenvalue weighted by atomic mass is 10.2. The number of rotatable bonds is 6. The second-order valence-electron chi connectivity index (χ2n) is 6.26. The third-order valence-corrected chi connectivity index (χ3v) is 4.73. The number of hydrogen-bond acceptors (Lipinski definition) is 6. The molecule has 3 aromatic rings. The zero-order chi connectivity index (χ0) is 21.0. The van der Waals surface area contributed by atoms with Gasteiger partial charge >= 0.3 is 5.97 Å². The maximum atomic E-state index is 12.9. The Labute approximate surface area is 176 Å². The van der Waals surface area contributed by atoms with Gasteiger partial charge in [0.25, 0.3) is 5.56 Å². The van der Waals surface area contributed by atoms with E-state index in [1.807, 2.05) is 19.1 Å². The van der Waals surface area contributed by atoms with Crippen molar-refractivity contribution in [1.29, 1.82) is 0 Å². The average molecular weight is 458 g/mol. The molecule has 1 atom stereocenters. The van der Waals surface area contributed by atoms with Gasteiger partial charge in [-0.25, -0.2) is 9.78 Å². The van der Waals surface area contributed by atoms with Crippen LogP contribution in [0.4, 0.5) is 0 Å². The van der Waals surface area contributed by atoms with E-state index in [0.29, 0.717) is 28.9 Å². The molecule has 1 aromatic heterocycles. The number of carbonyl (C=O) groups is 1. The van der Waals surface area contributed by atoms with Gasteiger partial charge in [-0.2, -0.15) is 9.78 Å². The minimum atomic E-state index is -0.701. The fraction of sp³-hybridized carbons (Fsp3) is 0.238. The summed E-state index contributed by atoms with van der Waals surface area (Å²) in [4.78, 5) is 28.9. The Balaban J connectivity index is 1.88. The summed E-state index contributed by atoms with van der Waals surface area (Å²) in [5, 5.41) is 4.84. The van der Waals surface area contributed by atoms with E-state index in [2.05, 4.69) is 30.8 Å². The Bertz CT molecular complexity index is 1120. The molecule has 150 valence electrons. The molecule has 2 aromatic carbocycles. The molecule has 8 heteroatoms. The summed E-state index contributed by atoms with van der Waals surface area (Å²) >= 11 is 3.38. The van der Waals surface area contributed by atoms with E-state index in [0.717, 1.165) is 10.0 Å². The molecule has 7 nitrogen and oxygen atoms in total. The summed E-state index contributed by atoms with van der Waals surface area (Å²) < 4.78 is 12.3. The van der Waals surface area contributed by atoms with Gasteiger partial charge in [0.05, 0.1) is 24.2 Å². The fourth-order valence-corrected chi connectivity index (χ4v) is 3.08. The lowest BCUT2D eigenvalue weighted by molar-refractivity contribution is -0.147. The molecule has 0 aliphatic carbocycles. The summed E-state index contributed by atoms with van der Waals surface area (Å²) in [5.74, 6) is 0.661. The van der Waals surface area contributed by atoms with Crippen molar-refractivity contribution in [2.45, 2.75) is 26.4 Å². The van der Waals surface area contributed by atoms with Crippen LogP contribution in [-0.4, -0.2) is 35.1 Å². The number of aromatic nitrogens is 2. The first-order chi connectivity index (χ1) is 13.9. The first-order valence-electron chi connectivity index (χ1n) is 9.03. The number of halogens is 1. The molecule has 0 amide bonds. The average Bonchev–Trinajstić information content (AvgIpc) is 2.73. The van der Waals surface area contributed by atoms with Crippen molar-refractivity contribution in [3.8, 4) is 5.75 Å². The van der Waals surface area contributed by atoms with Gasteiger partial charge in [0, 0.05) is 10.9 Å². The SMILES string of the molecule is CCc1nc2ccc(Br)cc2c(=O)n1N=Cc1ccc(O[C@H](C)C(=O)OC)cc1. The number of methoxy groups -OCH3 is 1. The van der Waals surface area contributed by atoms with Gasteiger partial charge in [0.2, 0.25) is 0 Å². The second kappa shape index (κ2) is 9.00. The third kappa shape index (κ3) is 4.71. The molecule has 0 fully saturated rings. The van der Waals surface area contributed by atoms with E-state index in [4.69, 9.17) is 4.74 Å². The lowest BCUT2D eigenvalue weighted by Crippen LogP contribution is -2.24. The number of esters is 1. The number of nitrogens with zero attached hydrogens (tertiary/aromatic N) is 3. The van der Waals surface area contributed by atoms with Gasteiger partial charge in [-0.1, -0.05) is 22.9 Å². The zero-order valence-electron chi connectivity index (χ0n) is 16.3. The van der Waals surface area contributed by atoms with Gasteiger partial charge in [0.1, 0.15) is 11.6 Å². The van der Waals surface area contributed by atoms with Crippen LogP contribution in [0.1, 0.15) is 25.2 Å². The normalized spacial score (nSPS) is 12.3. The van der Waals surface area contributed by atoms with Crippen molar-refractivity contribution in [1.82, 2.24) is 9.66 Å². The van der Waals surface area contributed by atoms with Crippen molar-refractivity contribution in [3.05, 3.63) is 68.7 Å². The molecule has 0 aliphatic heterocycles. The van der Waals surface area contributed by atoms with Crippen LogP contribution in [0.15, 0.2) is 56.8 Å². The van der Waals surface area contributed by atoms with Crippen LogP contribution in [-0.2, 0) is 16.0 Å². The number of benzene rings is 2. The number of ether oxygens (including phenoxy) is 2. The standard InChI is InChI=1S/C21H20BrN3O4/c1-4-19-24-18-10-7-15(22)11-17(18)20(26)25(19)23-12-14-5-8-16(9-6-14)29-13(2)21(27)28-3/h5-13H,4H2,1-3H3/t13-/m1/s1. The molecule has 0 bridgehead atoms. The van der Waals surface area contributed by atoms with E-state index >= 15 is 0 Å². The van der Waals surface area contributed by atoms with Crippen LogP contribution in [0, 0.1) is 0 Å². The fourth-order valence-electron chi connectivity index (χ4n) is 2.72. The molecule has 0 spiro atoms. The maximum Gasteiger partial charge on any atom is 0.346 e. The van der Waals surface area contributed by atoms with E-state index in [1.54, 1.807) is 43.5 Å². The molecule has 0 unspecified atom stereocenters. The molecule has 0 radical (unpaired) electrons. The lowest BCUT2D eigenvalue weighted by Gasteiger charge is -2.12. The van der Waals surface area contributed by atoms with E-state index in [1.165, 1.54) is 11.8 Å². The maximum absolute atomic E-state index is 12.9. The summed E-state index contributed by atoms with van der Waals surface area (Å²) in [6.45, 7) is 3.54. The first-order valence-corrected chi connectivity index (χ1v) is 9.82. The predicted molar refractivity (Wildman–Crippen MR) is 115 cm³/mol. The molecule has 0 N–H and O–H groups in total. The molecule has 1 heterocycles. The van der Waals surface area contributed by atoms with E-state index < -0.39 is 12.1 Å². The Morgan fingerprint density at radius 2 is 2.00 bits per heavy atom. The molecular weight excluding hydrogens is 438 g/mol.